The van der Waals surface area contributed by atoms with Crippen molar-refractivity contribution in [3.8, 4) is 22.6 Å². The van der Waals surface area contributed by atoms with Crippen molar-refractivity contribution < 1.29 is 8.42 Å². The van der Waals surface area contributed by atoms with Gasteiger partial charge in [-0.25, -0.2) is 22.7 Å². The molecule has 9 nitrogen and oxygen atoms in total. The number of fused-ring (bicyclic) bond motifs is 2. The van der Waals surface area contributed by atoms with Crippen LogP contribution in [0.25, 0.3) is 44.6 Å². The van der Waals surface area contributed by atoms with Crippen LogP contribution in [0.3, 0.4) is 0 Å². The normalized spacial score (nSPS) is 12.3. The van der Waals surface area contributed by atoms with E-state index < -0.39 is 10.0 Å². The van der Waals surface area contributed by atoms with Crippen LogP contribution in [0.1, 0.15) is 0 Å². The van der Waals surface area contributed by atoms with E-state index in [1.54, 1.807) is 41.3 Å². The summed E-state index contributed by atoms with van der Waals surface area (Å²) in [5.74, 6) is 0.545. The summed E-state index contributed by atoms with van der Waals surface area (Å²) in [5, 5.41) is 13.1. The van der Waals surface area contributed by atoms with E-state index in [-0.39, 0.29) is 4.90 Å². The maximum atomic E-state index is 12.4. The van der Waals surface area contributed by atoms with Gasteiger partial charge in [0.1, 0.15) is 0 Å². The average Bonchev–Trinajstić information content (AvgIpc) is 3.40. The molecule has 2 aromatic carbocycles. The number of rotatable bonds is 4. The van der Waals surface area contributed by atoms with Gasteiger partial charge in [0.15, 0.2) is 11.5 Å². The van der Waals surface area contributed by atoms with Gasteiger partial charge in [-0.2, -0.15) is 10.2 Å². The van der Waals surface area contributed by atoms with E-state index in [0.29, 0.717) is 17.2 Å². The van der Waals surface area contributed by atoms with Crippen molar-refractivity contribution in [1.29, 1.82) is 0 Å². The number of nitrogens with one attached hydrogen (secondary N) is 1. The van der Waals surface area contributed by atoms with Crippen LogP contribution in [0.5, 0.6) is 0 Å². The van der Waals surface area contributed by atoms with Gasteiger partial charge in [-0.15, -0.1) is 0 Å². The van der Waals surface area contributed by atoms with Crippen molar-refractivity contribution in [2.75, 3.05) is 14.1 Å². The van der Waals surface area contributed by atoms with Gasteiger partial charge in [-0.1, -0.05) is 24.3 Å². The smallest absolute Gasteiger partial charge is 0.242 e. The van der Waals surface area contributed by atoms with Crippen molar-refractivity contribution in [3.05, 3.63) is 54.9 Å². The van der Waals surface area contributed by atoms with Gasteiger partial charge in [0.05, 0.1) is 33.9 Å². The van der Waals surface area contributed by atoms with Crippen LogP contribution in [0.2, 0.25) is 0 Å². The van der Waals surface area contributed by atoms with Crippen LogP contribution in [-0.2, 0) is 17.1 Å². The topological polar surface area (TPSA) is 110 Å². The Bertz CT molecular complexity index is 1530. The SMILES string of the molecule is CN(C)S(=O)(=O)c1ccc(-c2nc(-c3cccc4[nH]ncc34)nc3c2cnn3C)cc1. The maximum Gasteiger partial charge on any atom is 0.242 e. The molecule has 5 aromatic rings. The third-order valence-corrected chi connectivity index (χ3v) is 7.05. The van der Waals surface area contributed by atoms with Gasteiger partial charge in [0, 0.05) is 37.7 Å². The summed E-state index contributed by atoms with van der Waals surface area (Å²) >= 11 is 0. The Hall–Kier alpha value is -3.63. The van der Waals surface area contributed by atoms with Gasteiger partial charge in [0.2, 0.25) is 10.0 Å². The zero-order chi connectivity index (χ0) is 21.8. The third kappa shape index (κ3) is 3.07. The van der Waals surface area contributed by atoms with Gasteiger partial charge in [0.25, 0.3) is 0 Å². The molecule has 5 rings (SSSR count). The van der Waals surface area contributed by atoms with Crippen LogP contribution in [-0.4, -0.2) is 56.8 Å². The van der Waals surface area contributed by atoms with Crippen LogP contribution < -0.4 is 0 Å². The quantitative estimate of drug-likeness (QED) is 0.467. The van der Waals surface area contributed by atoms with Gasteiger partial charge in [-0.3, -0.25) is 9.78 Å². The first-order valence-electron chi connectivity index (χ1n) is 9.51. The van der Waals surface area contributed by atoms with Crippen molar-refractivity contribution >= 4 is 32.0 Å². The minimum Gasteiger partial charge on any atom is -0.278 e. The summed E-state index contributed by atoms with van der Waals surface area (Å²) in [6.07, 6.45) is 3.47. The molecule has 0 aliphatic heterocycles. The Morgan fingerprint density at radius 3 is 2.48 bits per heavy atom. The second kappa shape index (κ2) is 6.96. The summed E-state index contributed by atoms with van der Waals surface area (Å²) in [4.78, 5) is 9.81. The van der Waals surface area contributed by atoms with Gasteiger partial charge >= 0.3 is 0 Å². The van der Waals surface area contributed by atoms with Crippen LogP contribution in [0.15, 0.2) is 59.8 Å². The molecule has 0 atom stereocenters. The van der Waals surface area contributed by atoms with E-state index in [4.69, 9.17) is 9.97 Å². The highest BCUT2D eigenvalue weighted by Gasteiger charge is 2.19. The van der Waals surface area contributed by atoms with Crippen LogP contribution in [0.4, 0.5) is 0 Å². The van der Waals surface area contributed by atoms with Gasteiger partial charge < -0.3 is 0 Å². The molecule has 0 radical (unpaired) electrons. The Kier molecular flexibility index (Phi) is 4.34. The molecule has 0 aliphatic rings. The Balaban J connectivity index is 1.72. The molecule has 1 N–H and O–H groups in total. The van der Waals surface area contributed by atoms with Crippen LogP contribution in [0, 0.1) is 0 Å². The fourth-order valence-corrected chi connectivity index (χ4v) is 4.42. The van der Waals surface area contributed by atoms with E-state index in [1.165, 1.54) is 18.4 Å². The zero-order valence-electron chi connectivity index (χ0n) is 17.1. The van der Waals surface area contributed by atoms with E-state index in [1.807, 2.05) is 25.2 Å². The molecule has 0 bridgehead atoms. The van der Waals surface area contributed by atoms with Crippen LogP contribution >= 0.6 is 0 Å². The summed E-state index contributed by atoms with van der Waals surface area (Å²) in [6, 6.07) is 12.5. The Morgan fingerprint density at radius 2 is 1.74 bits per heavy atom. The monoisotopic (exact) mass is 433 g/mol. The molecule has 0 unspecified atom stereocenters. The summed E-state index contributed by atoms with van der Waals surface area (Å²) < 4.78 is 27.7. The standard InChI is InChI=1S/C21H19N7O2S/c1-27(2)31(29,30)14-9-7-13(8-10-14)19-17-12-23-28(3)21(17)25-20(24-19)15-5-4-6-18-16(15)11-22-26-18/h4-12H,1-3H3,(H,22,26). The molecule has 0 saturated heterocycles. The molecule has 156 valence electrons. The highest BCUT2D eigenvalue weighted by Crippen LogP contribution is 2.32. The molecule has 0 spiro atoms. The predicted molar refractivity (Wildman–Crippen MR) is 118 cm³/mol. The molecule has 0 amide bonds. The van der Waals surface area contributed by atoms with Crippen molar-refractivity contribution in [1.82, 2.24) is 34.3 Å². The zero-order valence-corrected chi connectivity index (χ0v) is 17.9. The molecule has 31 heavy (non-hydrogen) atoms. The molecular weight excluding hydrogens is 414 g/mol. The molecule has 3 aromatic heterocycles. The lowest BCUT2D eigenvalue weighted by Crippen LogP contribution is -2.22. The minimum absolute atomic E-state index is 0.223. The van der Waals surface area contributed by atoms with Gasteiger partial charge in [-0.05, 0) is 18.2 Å². The molecule has 0 aliphatic carbocycles. The Labute approximate surface area is 178 Å². The van der Waals surface area contributed by atoms with E-state index in [2.05, 4.69) is 15.3 Å². The highest BCUT2D eigenvalue weighted by molar-refractivity contribution is 7.89. The van der Waals surface area contributed by atoms with E-state index in [0.717, 1.165) is 27.4 Å². The fraction of sp³-hybridized carbons (Fsp3) is 0.143. The number of aromatic nitrogens is 6. The largest absolute Gasteiger partial charge is 0.278 e. The second-order valence-corrected chi connectivity index (χ2v) is 9.50. The maximum absolute atomic E-state index is 12.4. The number of sulfonamides is 1. The lowest BCUT2D eigenvalue weighted by Gasteiger charge is -2.12. The molecule has 0 fully saturated rings. The second-order valence-electron chi connectivity index (χ2n) is 7.35. The lowest BCUT2D eigenvalue weighted by molar-refractivity contribution is 0.521. The number of aryl methyl sites for hydroxylation is 1. The number of H-pyrrole nitrogens is 1. The van der Waals surface area contributed by atoms with E-state index in [9.17, 15) is 8.42 Å². The minimum atomic E-state index is -3.51. The summed E-state index contributed by atoms with van der Waals surface area (Å²) in [6.45, 7) is 0. The first-order chi connectivity index (χ1) is 14.9. The number of hydrogen-bond donors (Lipinski definition) is 1. The first kappa shape index (κ1) is 19.3. The molecule has 0 saturated carbocycles. The first-order valence-corrected chi connectivity index (χ1v) is 11.0. The number of nitrogens with zero attached hydrogens (tertiary/aromatic N) is 6. The third-order valence-electron chi connectivity index (χ3n) is 5.22. The summed E-state index contributed by atoms with van der Waals surface area (Å²) in [7, 11) is 1.34. The number of benzene rings is 2. The van der Waals surface area contributed by atoms with Crippen molar-refractivity contribution in [2.45, 2.75) is 4.90 Å². The Morgan fingerprint density at radius 1 is 0.968 bits per heavy atom. The molecule has 3 heterocycles. The fourth-order valence-electron chi connectivity index (χ4n) is 3.52. The predicted octanol–water partition coefficient (Wildman–Crippen LogP) is 2.82. The molecule has 10 heteroatoms. The lowest BCUT2D eigenvalue weighted by atomic mass is 10.1. The van der Waals surface area contributed by atoms with E-state index >= 15 is 0 Å². The van der Waals surface area contributed by atoms with Crippen molar-refractivity contribution in [2.24, 2.45) is 7.05 Å². The average molecular weight is 433 g/mol. The summed E-state index contributed by atoms with van der Waals surface area (Å²) in [5.41, 5.74) is 3.89. The molecular formula is C21H19N7O2S. The number of hydrogen-bond acceptors (Lipinski definition) is 6. The number of aromatic amines is 1. The highest BCUT2D eigenvalue weighted by atomic mass is 32.2. The van der Waals surface area contributed by atoms with Crippen molar-refractivity contribution in [3.63, 3.8) is 0 Å².